The number of para-hydroxylation sites is 2. The first-order valence-corrected chi connectivity index (χ1v) is 10.1. The second kappa shape index (κ2) is 7.96. The molecule has 5 aromatic rings. The summed E-state index contributed by atoms with van der Waals surface area (Å²) in [6.45, 7) is 4.91. The summed E-state index contributed by atoms with van der Waals surface area (Å²) >= 11 is 0. The first-order chi connectivity index (χ1) is 14.8. The third kappa shape index (κ3) is 3.62. The highest BCUT2D eigenvalue weighted by atomic mass is 15.0. The number of hydrogen-bond acceptors (Lipinski definition) is 2. The third-order valence-electron chi connectivity index (χ3n) is 5.38. The molecular formula is C27H22N3. The fourth-order valence-electron chi connectivity index (χ4n) is 3.90. The zero-order valence-corrected chi connectivity index (χ0v) is 16.7. The molecule has 2 aromatic heterocycles. The highest BCUT2D eigenvalue weighted by Crippen LogP contribution is 2.22. The van der Waals surface area contributed by atoms with Crippen LogP contribution >= 0.6 is 0 Å². The monoisotopic (exact) mass is 388 g/mol. The van der Waals surface area contributed by atoms with Gasteiger partial charge in [-0.15, -0.1) is 0 Å². The first-order valence-electron chi connectivity index (χ1n) is 10.1. The Hall–Kier alpha value is -3.72. The lowest BCUT2D eigenvalue weighted by atomic mass is 10.1. The second-order valence-corrected chi connectivity index (χ2v) is 7.41. The maximum absolute atomic E-state index is 4.62. The van der Waals surface area contributed by atoms with Crippen molar-refractivity contribution in [2.75, 3.05) is 0 Å². The van der Waals surface area contributed by atoms with Gasteiger partial charge >= 0.3 is 0 Å². The Bertz CT molecular complexity index is 1360. The fourth-order valence-corrected chi connectivity index (χ4v) is 3.90. The molecule has 0 amide bonds. The van der Waals surface area contributed by atoms with Crippen LogP contribution in [0.15, 0.2) is 85.2 Å². The lowest BCUT2D eigenvalue weighted by Gasteiger charge is -2.10. The van der Waals surface area contributed by atoms with Crippen LogP contribution in [0.5, 0.6) is 0 Å². The topological polar surface area (TPSA) is 30.7 Å². The van der Waals surface area contributed by atoms with Crippen molar-refractivity contribution < 1.29 is 0 Å². The molecule has 0 unspecified atom stereocenters. The molecule has 0 spiro atoms. The van der Waals surface area contributed by atoms with Gasteiger partial charge in [0.1, 0.15) is 0 Å². The van der Waals surface area contributed by atoms with Crippen LogP contribution in [-0.2, 0) is 13.0 Å². The smallest absolute Gasteiger partial charge is 0.152 e. The molecule has 30 heavy (non-hydrogen) atoms. The maximum Gasteiger partial charge on any atom is 0.152 e. The summed E-state index contributed by atoms with van der Waals surface area (Å²) in [5, 5.41) is 2.32. The van der Waals surface area contributed by atoms with Gasteiger partial charge in [-0.1, -0.05) is 60.7 Å². The van der Waals surface area contributed by atoms with Gasteiger partial charge in [0.25, 0.3) is 0 Å². The van der Waals surface area contributed by atoms with Crippen molar-refractivity contribution in [1.29, 1.82) is 0 Å². The summed E-state index contributed by atoms with van der Waals surface area (Å²) in [5.74, 6) is 0.718. The van der Waals surface area contributed by atoms with Crippen LogP contribution in [0.4, 0.5) is 0 Å². The number of fused-ring (bicyclic) bond motifs is 2. The molecule has 5 rings (SSSR count). The third-order valence-corrected chi connectivity index (χ3v) is 5.38. The molecule has 0 fully saturated rings. The molecule has 0 bridgehead atoms. The van der Waals surface area contributed by atoms with E-state index in [1.165, 1.54) is 22.0 Å². The van der Waals surface area contributed by atoms with Crippen LogP contribution < -0.4 is 0 Å². The van der Waals surface area contributed by atoms with Crippen molar-refractivity contribution in [3.63, 3.8) is 0 Å². The molecule has 0 saturated carbocycles. The van der Waals surface area contributed by atoms with Crippen LogP contribution in [0.2, 0.25) is 0 Å². The normalized spacial score (nSPS) is 11.6. The van der Waals surface area contributed by atoms with E-state index in [2.05, 4.69) is 82.3 Å². The summed E-state index contributed by atoms with van der Waals surface area (Å²) in [6.07, 6.45) is 8.86. The predicted molar refractivity (Wildman–Crippen MR) is 125 cm³/mol. The summed E-state index contributed by atoms with van der Waals surface area (Å²) in [5.41, 5.74) is 5.91. The average Bonchev–Trinajstić information content (AvgIpc) is 3.21. The van der Waals surface area contributed by atoms with E-state index in [1.807, 2.05) is 36.5 Å². The molecule has 3 aromatic carbocycles. The minimum Gasteiger partial charge on any atom is -0.343 e. The zero-order chi connectivity index (χ0) is 20.3. The molecule has 0 aliphatic rings. The molecule has 0 N–H and O–H groups in total. The first kappa shape index (κ1) is 18.3. The van der Waals surface area contributed by atoms with Gasteiger partial charge in [-0.25, -0.2) is 9.97 Å². The van der Waals surface area contributed by atoms with Crippen LogP contribution in [0.25, 0.3) is 34.0 Å². The largest absolute Gasteiger partial charge is 0.343 e. The molecule has 0 saturated heterocycles. The van der Waals surface area contributed by atoms with Gasteiger partial charge in [0.2, 0.25) is 0 Å². The standard InChI is InChI=1S/C27H22N3/c1-2-22-10-6-11-23-15-16-30(27(22)23)19-21-8-5-7-20(17-21)13-14-26-28-18-24-9-3-4-12-25(24)29-26/h3-18H,1-2,19H2/b14-13+. The van der Waals surface area contributed by atoms with Crippen molar-refractivity contribution in [1.82, 2.24) is 14.5 Å². The van der Waals surface area contributed by atoms with E-state index in [4.69, 9.17) is 0 Å². The summed E-state index contributed by atoms with van der Waals surface area (Å²) in [4.78, 5) is 9.07. The Morgan fingerprint density at radius 2 is 1.73 bits per heavy atom. The van der Waals surface area contributed by atoms with Crippen LogP contribution in [0, 0.1) is 6.92 Å². The minimum atomic E-state index is 0.718. The Morgan fingerprint density at radius 1 is 0.867 bits per heavy atom. The predicted octanol–water partition coefficient (Wildman–Crippen LogP) is 6.18. The Morgan fingerprint density at radius 3 is 2.67 bits per heavy atom. The lowest BCUT2D eigenvalue weighted by molar-refractivity contribution is 0.832. The van der Waals surface area contributed by atoms with Crippen LogP contribution in [0.3, 0.4) is 0 Å². The van der Waals surface area contributed by atoms with Gasteiger partial charge in [-0.05, 0) is 59.7 Å². The molecule has 1 radical (unpaired) electrons. The van der Waals surface area contributed by atoms with Gasteiger partial charge in [0.05, 0.1) is 11.0 Å². The molecule has 0 atom stereocenters. The Balaban J connectivity index is 1.41. The van der Waals surface area contributed by atoms with Crippen molar-refractivity contribution in [2.24, 2.45) is 0 Å². The van der Waals surface area contributed by atoms with Gasteiger partial charge in [0, 0.05) is 24.3 Å². The number of nitrogens with zero attached hydrogens (tertiary/aromatic N) is 3. The van der Waals surface area contributed by atoms with E-state index in [0.29, 0.717) is 0 Å². The zero-order valence-electron chi connectivity index (χ0n) is 16.7. The highest BCUT2D eigenvalue weighted by molar-refractivity contribution is 5.83. The van der Waals surface area contributed by atoms with E-state index in [9.17, 15) is 0 Å². The molecule has 3 heteroatoms. The number of rotatable bonds is 5. The van der Waals surface area contributed by atoms with E-state index >= 15 is 0 Å². The molecule has 0 aliphatic heterocycles. The van der Waals surface area contributed by atoms with Crippen LogP contribution in [-0.4, -0.2) is 14.5 Å². The Kier molecular flexibility index (Phi) is 4.86. The quantitative estimate of drug-likeness (QED) is 0.360. The van der Waals surface area contributed by atoms with E-state index < -0.39 is 0 Å². The number of aromatic nitrogens is 3. The SMILES string of the molecule is [CH2]Cc1cccc2ccn(Cc3cccc(/C=C/c4ncc5ccccc5n4)c3)c12. The van der Waals surface area contributed by atoms with Crippen molar-refractivity contribution >= 4 is 34.0 Å². The fraction of sp³-hybridized carbons (Fsp3) is 0.0741. The summed E-state index contributed by atoms with van der Waals surface area (Å²) in [7, 11) is 0. The van der Waals surface area contributed by atoms with Crippen molar-refractivity contribution in [3.05, 3.63) is 115 Å². The van der Waals surface area contributed by atoms with E-state index in [0.717, 1.165) is 35.3 Å². The molecule has 145 valence electrons. The number of hydrogen-bond donors (Lipinski definition) is 0. The molecular weight excluding hydrogens is 366 g/mol. The van der Waals surface area contributed by atoms with Gasteiger partial charge in [0.15, 0.2) is 5.82 Å². The van der Waals surface area contributed by atoms with E-state index in [-0.39, 0.29) is 0 Å². The second-order valence-electron chi connectivity index (χ2n) is 7.41. The van der Waals surface area contributed by atoms with Gasteiger partial charge in [-0.2, -0.15) is 0 Å². The van der Waals surface area contributed by atoms with Gasteiger partial charge < -0.3 is 4.57 Å². The molecule has 2 heterocycles. The number of benzene rings is 3. The molecule has 0 aliphatic carbocycles. The lowest BCUT2D eigenvalue weighted by Crippen LogP contribution is -2.00. The Labute approximate surface area is 176 Å². The van der Waals surface area contributed by atoms with Crippen LogP contribution in [0.1, 0.15) is 22.5 Å². The molecule has 3 nitrogen and oxygen atoms in total. The average molecular weight is 388 g/mol. The maximum atomic E-state index is 4.62. The summed E-state index contributed by atoms with van der Waals surface area (Å²) < 4.78 is 2.31. The van der Waals surface area contributed by atoms with E-state index in [1.54, 1.807) is 0 Å². The summed E-state index contributed by atoms with van der Waals surface area (Å²) in [6, 6.07) is 25.2. The highest BCUT2D eigenvalue weighted by Gasteiger charge is 2.06. The van der Waals surface area contributed by atoms with Crippen molar-refractivity contribution in [2.45, 2.75) is 13.0 Å². The van der Waals surface area contributed by atoms with Crippen molar-refractivity contribution in [3.8, 4) is 0 Å². The van der Waals surface area contributed by atoms with Gasteiger partial charge in [-0.3, -0.25) is 0 Å². The minimum absolute atomic E-state index is 0.718.